The molecule has 4 rings (SSSR count). The first-order valence-corrected chi connectivity index (χ1v) is 10.7. The molecule has 0 fully saturated rings. The van der Waals surface area contributed by atoms with E-state index in [1.54, 1.807) is 44.3 Å². The molecule has 1 aromatic carbocycles. The van der Waals surface area contributed by atoms with Gasteiger partial charge in [0.15, 0.2) is 28.7 Å². The summed E-state index contributed by atoms with van der Waals surface area (Å²) in [6.07, 6.45) is 1.57. The van der Waals surface area contributed by atoms with Gasteiger partial charge in [0.25, 0.3) is 0 Å². The van der Waals surface area contributed by atoms with Crippen molar-refractivity contribution in [3.05, 3.63) is 41.9 Å². The highest BCUT2D eigenvalue weighted by molar-refractivity contribution is 7.82. The molecule has 0 unspecified atom stereocenters. The second kappa shape index (κ2) is 9.93. The van der Waals surface area contributed by atoms with Crippen molar-refractivity contribution >= 4 is 53.0 Å². The molecule has 2 N–H and O–H groups in total. The lowest BCUT2D eigenvalue weighted by Crippen LogP contribution is -2.27. The summed E-state index contributed by atoms with van der Waals surface area (Å²) >= 11 is 4.27. The lowest BCUT2D eigenvalue weighted by molar-refractivity contribution is 0.260. The van der Waals surface area contributed by atoms with Crippen LogP contribution in [0.15, 0.2) is 35.0 Å². The summed E-state index contributed by atoms with van der Waals surface area (Å²) in [5.41, 5.74) is 2.51. The SMILES string of the molecule is COc1cc(Nc2cnc3ccc(NC(=O)N(S)c4c(C)noc4C)nc3n2)cc(OC)c1OC. The van der Waals surface area contributed by atoms with E-state index >= 15 is 0 Å². The number of amides is 2. The molecule has 3 heterocycles. The molecule has 4 aromatic rings. The summed E-state index contributed by atoms with van der Waals surface area (Å²) in [7, 11) is 4.61. The van der Waals surface area contributed by atoms with Crippen molar-refractivity contribution in [1.29, 1.82) is 0 Å². The molecule has 182 valence electrons. The van der Waals surface area contributed by atoms with Gasteiger partial charge in [0.1, 0.15) is 22.7 Å². The lowest BCUT2D eigenvalue weighted by atomic mass is 10.2. The zero-order valence-electron chi connectivity index (χ0n) is 19.6. The molecule has 0 bridgehead atoms. The summed E-state index contributed by atoms with van der Waals surface area (Å²) in [5, 5.41) is 9.67. The second-order valence-electron chi connectivity index (χ2n) is 7.25. The first kappa shape index (κ1) is 23.9. The third kappa shape index (κ3) is 4.84. The molecule has 0 spiro atoms. The van der Waals surface area contributed by atoms with E-state index in [-0.39, 0.29) is 5.82 Å². The Morgan fingerprint density at radius 1 is 1.03 bits per heavy atom. The monoisotopic (exact) mass is 497 g/mol. The van der Waals surface area contributed by atoms with Crippen LogP contribution < -0.4 is 29.1 Å². The van der Waals surface area contributed by atoms with E-state index in [1.165, 1.54) is 21.3 Å². The van der Waals surface area contributed by atoms with Crippen LogP contribution in [0.4, 0.5) is 27.8 Å². The number of pyridine rings is 1. The van der Waals surface area contributed by atoms with Gasteiger partial charge in [-0.15, -0.1) is 0 Å². The van der Waals surface area contributed by atoms with Crippen LogP contribution in [-0.4, -0.2) is 47.5 Å². The smallest absolute Gasteiger partial charge is 0.337 e. The third-order valence-corrected chi connectivity index (χ3v) is 5.36. The number of nitrogens with one attached hydrogen (secondary N) is 2. The number of carbonyl (C=O) groups excluding carboxylic acids is 1. The van der Waals surface area contributed by atoms with Gasteiger partial charge >= 0.3 is 6.03 Å². The Morgan fingerprint density at radius 2 is 1.71 bits per heavy atom. The topological polar surface area (TPSA) is 137 Å². The van der Waals surface area contributed by atoms with Gasteiger partial charge in [-0.05, 0) is 26.0 Å². The Hall–Kier alpha value is -4.26. The molecular weight excluding hydrogens is 474 g/mol. The van der Waals surface area contributed by atoms with Crippen molar-refractivity contribution in [1.82, 2.24) is 20.1 Å². The number of nitrogens with zero attached hydrogens (tertiary/aromatic N) is 5. The zero-order chi connectivity index (χ0) is 25.1. The average molecular weight is 498 g/mol. The average Bonchev–Trinajstić information content (AvgIpc) is 3.20. The predicted octanol–water partition coefficient (Wildman–Crippen LogP) is 4.28. The number of methoxy groups -OCH3 is 3. The van der Waals surface area contributed by atoms with E-state index in [0.29, 0.717) is 57.1 Å². The summed E-state index contributed by atoms with van der Waals surface area (Å²) in [5.74, 6) is 2.61. The second-order valence-corrected chi connectivity index (χ2v) is 7.65. The number of benzene rings is 1. The van der Waals surface area contributed by atoms with Crippen molar-refractivity contribution in [2.45, 2.75) is 13.8 Å². The molecule has 0 saturated heterocycles. The minimum Gasteiger partial charge on any atom is -0.493 e. The Morgan fingerprint density at radius 3 is 2.31 bits per heavy atom. The minimum absolute atomic E-state index is 0.271. The largest absolute Gasteiger partial charge is 0.493 e. The van der Waals surface area contributed by atoms with Crippen molar-refractivity contribution in [3.8, 4) is 17.2 Å². The normalized spacial score (nSPS) is 10.7. The van der Waals surface area contributed by atoms with Crippen molar-refractivity contribution in [2.75, 3.05) is 36.3 Å². The van der Waals surface area contributed by atoms with E-state index in [0.717, 1.165) is 4.31 Å². The molecule has 2 amide bonds. The van der Waals surface area contributed by atoms with Gasteiger partial charge in [-0.1, -0.05) is 18.0 Å². The van der Waals surface area contributed by atoms with Crippen LogP contribution in [0.2, 0.25) is 0 Å². The number of rotatable bonds is 7. The van der Waals surface area contributed by atoms with Crippen LogP contribution in [0, 0.1) is 13.8 Å². The quantitative estimate of drug-likeness (QED) is 0.317. The number of anilines is 4. The van der Waals surface area contributed by atoms with Crippen LogP contribution >= 0.6 is 12.8 Å². The fraction of sp³-hybridized carbons (Fsp3) is 0.227. The molecule has 13 heteroatoms. The van der Waals surface area contributed by atoms with Crippen LogP contribution in [0.25, 0.3) is 11.2 Å². The summed E-state index contributed by atoms with van der Waals surface area (Å²) < 4.78 is 22.3. The number of thiol groups is 1. The van der Waals surface area contributed by atoms with Crippen LogP contribution in [0.3, 0.4) is 0 Å². The molecular formula is C22H23N7O5S. The Bertz CT molecular complexity index is 1350. The van der Waals surface area contributed by atoms with Gasteiger partial charge in [0.05, 0.1) is 27.5 Å². The van der Waals surface area contributed by atoms with Gasteiger partial charge in [-0.3, -0.25) is 5.32 Å². The number of ether oxygens (including phenoxy) is 3. The number of aromatic nitrogens is 4. The first-order valence-electron chi connectivity index (χ1n) is 10.3. The van der Waals surface area contributed by atoms with Gasteiger partial charge < -0.3 is 24.1 Å². The fourth-order valence-electron chi connectivity index (χ4n) is 3.37. The van der Waals surface area contributed by atoms with E-state index in [2.05, 4.69) is 43.6 Å². The molecule has 0 atom stereocenters. The zero-order valence-corrected chi connectivity index (χ0v) is 20.5. The lowest BCUT2D eigenvalue weighted by Gasteiger charge is -2.16. The Labute approximate surface area is 206 Å². The standard InChI is InChI=1S/C22H23N7O5S/c1-11-19(12(2)34-28-11)29(35)22(30)27-17-7-6-14-21(25-17)26-18(10-23-14)24-13-8-15(31-3)20(33-5)16(9-13)32-4/h6-10,35H,1-5H3,(H2,24,25,26,27,30). The van der Waals surface area contributed by atoms with Gasteiger partial charge in [-0.2, -0.15) is 0 Å². The van der Waals surface area contributed by atoms with Crippen LogP contribution in [0.5, 0.6) is 17.2 Å². The highest BCUT2D eigenvalue weighted by Gasteiger charge is 2.21. The van der Waals surface area contributed by atoms with Gasteiger partial charge in [-0.25, -0.2) is 24.1 Å². The summed E-state index contributed by atoms with van der Waals surface area (Å²) in [4.78, 5) is 26.0. The molecule has 0 aliphatic heterocycles. The number of hydrogen-bond donors (Lipinski definition) is 3. The van der Waals surface area contributed by atoms with E-state index in [4.69, 9.17) is 18.7 Å². The fourth-order valence-corrected chi connectivity index (χ4v) is 3.71. The molecule has 0 radical (unpaired) electrons. The molecule has 0 saturated carbocycles. The Balaban J connectivity index is 1.57. The van der Waals surface area contributed by atoms with Crippen molar-refractivity contribution in [3.63, 3.8) is 0 Å². The van der Waals surface area contributed by atoms with E-state index < -0.39 is 6.03 Å². The third-order valence-electron chi connectivity index (χ3n) is 4.98. The van der Waals surface area contributed by atoms with Gasteiger partial charge in [0.2, 0.25) is 5.75 Å². The highest BCUT2D eigenvalue weighted by atomic mass is 32.1. The van der Waals surface area contributed by atoms with E-state index in [1.807, 2.05) is 0 Å². The maximum atomic E-state index is 12.7. The number of hydrogen-bond acceptors (Lipinski definition) is 11. The summed E-state index contributed by atoms with van der Waals surface area (Å²) in [6, 6.07) is 6.28. The molecule has 0 aliphatic rings. The predicted molar refractivity (Wildman–Crippen MR) is 133 cm³/mol. The summed E-state index contributed by atoms with van der Waals surface area (Å²) in [6.45, 7) is 3.41. The molecule has 3 aromatic heterocycles. The number of aryl methyl sites for hydroxylation is 2. The van der Waals surface area contributed by atoms with Gasteiger partial charge in [0, 0.05) is 17.8 Å². The molecule has 0 aliphatic carbocycles. The first-order chi connectivity index (χ1) is 16.8. The maximum absolute atomic E-state index is 12.7. The highest BCUT2D eigenvalue weighted by Crippen LogP contribution is 2.40. The van der Waals surface area contributed by atoms with Crippen molar-refractivity contribution in [2.24, 2.45) is 0 Å². The maximum Gasteiger partial charge on any atom is 0.337 e. The Kier molecular flexibility index (Phi) is 6.78. The van der Waals surface area contributed by atoms with E-state index in [9.17, 15) is 4.79 Å². The van der Waals surface area contributed by atoms with Crippen LogP contribution in [0.1, 0.15) is 11.5 Å². The molecule has 35 heavy (non-hydrogen) atoms. The molecule has 12 nitrogen and oxygen atoms in total. The van der Waals surface area contributed by atoms with Crippen LogP contribution in [-0.2, 0) is 0 Å². The number of carbonyl (C=O) groups is 1. The number of urea groups is 1. The number of fused-ring (bicyclic) bond motifs is 1. The van der Waals surface area contributed by atoms with Crippen molar-refractivity contribution < 1.29 is 23.5 Å². The minimum atomic E-state index is -0.533.